The van der Waals surface area contributed by atoms with Gasteiger partial charge in [0.25, 0.3) is 0 Å². The van der Waals surface area contributed by atoms with Crippen LogP contribution in [0, 0.1) is 23.0 Å². The molecule has 4 amide bonds. The van der Waals surface area contributed by atoms with Crippen molar-refractivity contribution in [3.8, 4) is 6.07 Å². The fourth-order valence-electron chi connectivity index (χ4n) is 5.43. The number of carbonyl (C=O) groups excluding carboxylic acids is 3. The second-order valence-electron chi connectivity index (χ2n) is 10.4. The summed E-state index contributed by atoms with van der Waals surface area (Å²) in [6, 6.07) is 14.1. The number of allylic oxidation sites excluding steroid dienone is 1. The highest BCUT2D eigenvalue weighted by Crippen LogP contribution is 2.39. The number of rotatable bonds is 8. The molecule has 0 radical (unpaired) electrons. The molecule has 0 aromatic heterocycles. The SMILES string of the molecule is COC(=O)C1=C(C)NC(=O)N(C(=O)NCCC(NC2CCC(C#N)(c3ccccc3)CC2)c2ccc(F)c(F)c2)C1.Cl. The van der Waals surface area contributed by atoms with Crippen molar-refractivity contribution in [2.24, 2.45) is 0 Å². The van der Waals surface area contributed by atoms with Crippen molar-refractivity contribution in [1.82, 2.24) is 20.9 Å². The van der Waals surface area contributed by atoms with Crippen LogP contribution in [-0.4, -0.2) is 49.2 Å². The minimum atomic E-state index is -0.975. The first-order chi connectivity index (χ1) is 19.7. The lowest BCUT2D eigenvalue weighted by atomic mass is 9.69. The van der Waals surface area contributed by atoms with Crippen molar-refractivity contribution >= 4 is 30.4 Å². The molecule has 12 heteroatoms. The Morgan fingerprint density at radius 2 is 1.86 bits per heavy atom. The Balaban J connectivity index is 0.00000484. The van der Waals surface area contributed by atoms with E-state index in [-0.39, 0.29) is 37.1 Å². The predicted octanol–water partition coefficient (Wildman–Crippen LogP) is 4.99. The van der Waals surface area contributed by atoms with Gasteiger partial charge in [0.05, 0.1) is 30.7 Å². The van der Waals surface area contributed by atoms with Crippen molar-refractivity contribution in [3.05, 3.63) is 82.6 Å². The molecule has 0 saturated heterocycles. The van der Waals surface area contributed by atoms with E-state index < -0.39 is 41.1 Å². The summed E-state index contributed by atoms with van der Waals surface area (Å²) in [4.78, 5) is 38.1. The molecule has 1 aliphatic heterocycles. The van der Waals surface area contributed by atoms with Crippen LogP contribution in [0.1, 0.15) is 56.2 Å². The maximum absolute atomic E-state index is 14.2. The third-order valence-corrected chi connectivity index (χ3v) is 7.86. The van der Waals surface area contributed by atoms with Gasteiger partial charge in [-0.1, -0.05) is 36.4 Å². The molecule has 42 heavy (non-hydrogen) atoms. The smallest absolute Gasteiger partial charge is 0.337 e. The van der Waals surface area contributed by atoms with Gasteiger partial charge in [0.2, 0.25) is 0 Å². The molecule has 1 saturated carbocycles. The number of benzene rings is 2. The van der Waals surface area contributed by atoms with Crippen molar-refractivity contribution < 1.29 is 27.9 Å². The number of methoxy groups -OCH3 is 1. The molecule has 1 heterocycles. The van der Waals surface area contributed by atoms with Gasteiger partial charge in [0, 0.05) is 24.3 Å². The molecule has 1 aliphatic carbocycles. The summed E-state index contributed by atoms with van der Waals surface area (Å²) >= 11 is 0. The molecule has 4 rings (SSSR count). The van der Waals surface area contributed by atoms with E-state index in [0.29, 0.717) is 43.4 Å². The van der Waals surface area contributed by atoms with Crippen LogP contribution in [0.25, 0.3) is 0 Å². The van der Waals surface area contributed by atoms with Crippen LogP contribution < -0.4 is 16.0 Å². The zero-order valence-electron chi connectivity index (χ0n) is 23.4. The second-order valence-corrected chi connectivity index (χ2v) is 10.4. The number of nitrogens with zero attached hydrogens (tertiary/aromatic N) is 2. The number of hydrogen-bond donors (Lipinski definition) is 3. The van der Waals surface area contributed by atoms with Crippen LogP contribution in [0.5, 0.6) is 0 Å². The summed E-state index contributed by atoms with van der Waals surface area (Å²) in [6.45, 7) is 1.41. The number of halogens is 3. The molecule has 0 bridgehead atoms. The van der Waals surface area contributed by atoms with Crippen LogP contribution in [0.4, 0.5) is 18.4 Å². The number of urea groups is 2. The third-order valence-electron chi connectivity index (χ3n) is 7.86. The van der Waals surface area contributed by atoms with Crippen molar-refractivity contribution in [2.45, 2.75) is 56.5 Å². The van der Waals surface area contributed by atoms with Gasteiger partial charge in [-0.3, -0.25) is 0 Å². The maximum atomic E-state index is 14.2. The maximum Gasteiger partial charge on any atom is 0.337 e. The molecule has 3 N–H and O–H groups in total. The van der Waals surface area contributed by atoms with Gasteiger partial charge in [0.1, 0.15) is 0 Å². The van der Waals surface area contributed by atoms with Crippen LogP contribution >= 0.6 is 12.4 Å². The average molecular weight is 602 g/mol. The molecule has 2 aromatic carbocycles. The van der Waals surface area contributed by atoms with E-state index >= 15 is 0 Å². The van der Waals surface area contributed by atoms with Gasteiger partial charge in [-0.2, -0.15) is 5.26 Å². The largest absolute Gasteiger partial charge is 0.466 e. The van der Waals surface area contributed by atoms with Crippen LogP contribution in [0.15, 0.2) is 59.8 Å². The quantitative estimate of drug-likeness (QED) is 0.366. The molecule has 1 unspecified atom stereocenters. The van der Waals surface area contributed by atoms with Gasteiger partial charge >= 0.3 is 18.0 Å². The highest BCUT2D eigenvalue weighted by Gasteiger charge is 2.38. The molecular formula is C30H34ClF2N5O4. The van der Waals surface area contributed by atoms with Crippen LogP contribution in [0.2, 0.25) is 0 Å². The van der Waals surface area contributed by atoms with Gasteiger partial charge in [-0.25, -0.2) is 28.1 Å². The minimum absolute atomic E-state index is 0. The molecule has 9 nitrogen and oxygen atoms in total. The Kier molecular flexibility index (Phi) is 11.0. The number of nitrogens with one attached hydrogen (secondary N) is 3. The Morgan fingerprint density at radius 1 is 1.17 bits per heavy atom. The van der Waals surface area contributed by atoms with E-state index in [4.69, 9.17) is 4.74 Å². The van der Waals surface area contributed by atoms with Crippen molar-refractivity contribution in [1.29, 1.82) is 5.26 Å². The minimum Gasteiger partial charge on any atom is -0.466 e. The number of hydrogen-bond acceptors (Lipinski definition) is 6. The molecule has 2 aromatic rings. The first-order valence-corrected chi connectivity index (χ1v) is 13.5. The van der Waals surface area contributed by atoms with E-state index in [1.54, 1.807) is 6.92 Å². The van der Waals surface area contributed by atoms with E-state index in [1.807, 2.05) is 30.3 Å². The number of ether oxygens (including phenoxy) is 1. The molecule has 1 fully saturated rings. The number of imide groups is 1. The third kappa shape index (κ3) is 7.24. The summed E-state index contributed by atoms with van der Waals surface area (Å²) < 4.78 is 32.6. The fraction of sp³-hybridized carbons (Fsp3) is 0.400. The summed E-state index contributed by atoms with van der Waals surface area (Å²) in [6.07, 6.45) is 3.00. The Hall–Kier alpha value is -4.01. The Bertz CT molecular complexity index is 1370. The van der Waals surface area contributed by atoms with Gasteiger partial charge in [-0.05, 0) is 62.3 Å². The fourth-order valence-corrected chi connectivity index (χ4v) is 5.43. The summed E-state index contributed by atoms with van der Waals surface area (Å²) in [5.74, 6) is -2.58. The number of amides is 4. The number of carbonyl (C=O) groups is 3. The molecular weight excluding hydrogens is 568 g/mol. The summed E-state index contributed by atoms with van der Waals surface area (Å²) in [5, 5.41) is 18.7. The van der Waals surface area contributed by atoms with E-state index in [1.165, 1.54) is 13.2 Å². The summed E-state index contributed by atoms with van der Waals surface area (Å²) in [5.41, 5.74) is 1.40. The summed E-state index contributed by atoms with van der Waals surface area (Å²) in [7, 11) is 1.21. The Morgan fingerprint density at radius 3 is 2.48 bits per heavy atom. The van der Waals surface area contributed by atoms with E-state index in [0.717, 1.165) is 22.6 Å². The van der Waals surface area contributed by atoms with Crippen LogP contribution in [0.3, 0.4) is 0 Å². The standard InChI is InChI=1S/C30H33F2N5O4.ClH/c1-19-23(27(38)41-2)17-37(29(40)35-19)28(39)34-15-12-26(20-8-9-24(31)25(32)16-20)36-22-10-13-30(18-33,14-11-22)21-6-4-3-5-7-21;/h3-9,16,22,26,36H,10-15,17H2,1-2H3,(H,34,39)(H,35,40);1H. The number of esters is 1. The lowest BCUT2D eigenvalue weighted by Gasteiger charge is -2.37. The molecule has 2 aliphatic rings. The zero-order valence-corrected chi connectivity index (χ0v) is 24.2. The Labute approximate surface area is 249 Å². The first kappa shape index (κ1) is 32.5. The molecule has 1 atom stereocenters. The lowest BCUT2D eigenvalue weighted by molar-refractivity contribution is -0.136. The van der Waals surface area contributed by atoms with Gasteiger partial charge in [0.15, 0.2) is 11.6 Å². The predicted molar refractivity (Wildman–Crippen MR) is 153 cm³/mol. The molecule has 0 spiro atoms. The lowest BCUT2D eigenvalue weighted by Crippen LogP contribution is -2.53. The monoisotopic (exact) mass is 601 g/mol. The van der Waals surface area contributed by atoms with Gasteiger partial charge < -0.3 is 20.7 Å². The molecule has 224 valence electrons. The first-order valence-electron chi connectivity index (χ1n) is 13.5. The van der Waals surface area contributed by atoms with Crippen molar-refractivity contribution in [3.63, 3.8) is 0 Å². The number of nitriles is 1. The van der Waals surface area contributed by atoms with Crippen molar-refractivity contribution in [2.75, 3.05) is 20.2 Å². The highest BCUT2D eigenvalue weighted by molar-refractivity contribution is 6.00. The van der Waals surface area contributed by atoms with Gasteiger partial charge in [-0.15, -0.1) is 12.4 Å². The zero-order chi connectivity index (χ0) is 29.6. The topological polar surface area (TPSA) is 124 Å². The van der Waals surface area contributed by atoms with E-state index in [9.17, 15) is 28.4 Å². The second kappa shape index (κ2) is 14.2. The van der Waals surface area contributed by atoms with Crippen LogP contribution in [-0.2, 0) is 14.9 Å². The highest BCUT2D eigenvalue weighted by atomic mass is 35.5. The normalized spacial score (nSPS) is 21.0. The van der Waals surface area contributed by atoms with E-state index in [2.05, 4.69) is 22.0 Å². The average Bonchev–Trinajstić information content (AvgIpc) is 2.98.